The zero-order valence-corrected chi connectivity index (χ0v) is 22.8. The summed E-state index contributed by atoms with van der Waals surface area (Å²) in [5.41, 5.74) is 9.27. The number of nitrogens with zero attached hydrogens (tertiary/aromatic N) is 2. The molecule has 0 spiro atoms. The second-order valence-electron chi connectivity index (χ2n) is 9.62. The zero-order valence-electron chi connectivity index (χ0n) is 21.2. The van der Waals surface area contributed by atoms with Gasteiger partial charge in [0, 0.05) is 38.0 Å². The fourth-order valence-electron chi connectivity index (χ4n) is 5.47. The summed E-state index contributed by atoms with van der Waals surface area (Å²) in [7, 11) is 0. The van der Waals surface area contributed by atoms with Gasteiger partial charge in [0.25, 0.3) is 0 Å². The maximum atomic E-state index is 3.80. The Kier molecular flexibility index (Phi) is 5.99. The molecule has 2 nitrogen and oxygen atoms in total. The van der Waals surface area contributed by atoms with Crippen LogP contribution in [0.1, 0.15) is 0 Å². The Morgan fingerprint density at radius 1 is 0.436 bits per heavy atom. The van der Waals surface area contributed by atoms with Crippen LogP contribution in [0.15, 0.2) is 156 Å². The van der Waals surface area contributed by atoms with Crippen LogP contribution < -0.4 is 4.90 Å². The average Bonchev–Trinajstić information content (AvgIpc) is 3.33. The minimum absolute atomic E-state index is 1.05. The van der Waals surface area contributed by atoms with Crippen molar-refractivity contribution in [2.75, 3.05) is 4.90 Å². The number of benzene rings is 6. The van der Waals surface area contributed by atoms with Crippen LogP contribution in [-0.4, -0.2) is 4.57 Å². The van der Waals surface area contributed by atoms with Gasteiger partial charge in [-0.2, -0.15) is 0 Å². The molecule has 7 aromatic rings. The van der Waals surface area contributed by atoms with E-state index in [4.69, 9.17) is 0 Å². The topological polar surface area (TPSA) is 8.17 Å². The van der Waals surface area contributed by atoms with Gasteiger partial charge >= 0.3 is 0 Å². The molecule has 0 saturated carbocycles. The number of hydrogen-bond donors (Lipinski definition) is 0. The summed E-state index contributed by atoms with van der Waals surface area (Å²) >= 11 is 3.80. The maximum absolute atomic E-state index is 3.80. The minimum Gasteiger partial charge on any atom is -0.311 e. The minimum atomic E-state index is 1.05. The van der Waals surface area contributed by atoms with Crippen molar-refractivity contribution in [3.8, 4) is 16.8 Å². The standard InChI is InChI=1S/C36H25BrN2/c37-28-23-27(24-32(25-28)39-35-17-9-7-15-33(35)34-16-8-10-18-36(34)39)26-19-21-31(22-20-26)38(29-11-3-1-4-12-29)30-13-5-2-6-14-30/h1-25H. The molecule has 1 aromatic heterocycles. The molecule has 0 bridgehead atoms. The Labute approximate surface area is 236 Å². The molecule has 3 heteroatoms. The molecule has 0 fully saturated rings. The van der Waals surface area contributed by atoms with Crippen LogP contribution >= 0.6 is 15.9 Å². The first-order valence-corrected chi connectivity index (χ1v) is 13.9. The van der Waals surface area contributed by atoms with Gasteiger partial charge in [-0.25, -0.2) is 0 Å². The first-order chi connectivity index (χ1) is 19.3. The van der Waals surface area contributed by atoms with E-state index in [1.165, 1.54) is 32.9 Å². The summed E-state index contributed by atoms with van der Waals surface area (Å²) in [6, 6.07) is 53.8. The number of hydrogen-bond acceptors (Lipinski definition) is 1. The third-order valence-electron chi connectivity index (χ3n) is 7.21. The van der Waals surface area contributed by atoms with Crippen molar-refractivity contribution < 1.29 is 0 Å². The van der Waals surface area contributed by atoms with Crippen LogP contribution in [0.25, 0.3) is 38.6 Å². The van der Waals surface area contributed by atoms with E-state index in [1.54, 1.807) is 0 Å². The molecule has 0 unspecified atom stereocenters. The number of rotatable bonds is 5. The van der Waals surface area contributed by atoms with Crippen LogP contribution in [-0.2, 0) is 0 Å². The van der Waals surface area contributed by atoms with Crippen LogP contribution in [0.4, 0.5) is 17.1 Å². The third-order valence-corrected chi connectivity index (χ3v) is 7.67. The lowest BCUT2D eigenvalue weighted by atomic mass is 10.0. The Balaban J connectivity index is 1.33. The molecular formula is C36H25BrN2. The van der Waals surface area contributed by atoms with Crippen LogP contribution in [0.2, 0.25) is 0 Å². The highest BCUT2D eigenvalue weighted by atomic mass is 79.9. The summed E-state index contributed by atoms with van der Waals surface area (Å²) in [5.74, 6) is 0. The van der Waals surface area contributed by atoms with Gasteiger partial charge in [0.2, 0.25) is 0 Å². The normalized spacial score (nSPS) is 11.2. The van der Waals surface area contributed by atoms with E-state index in [2.05, 4.69) is 177 Å². The maximum Gasteiger partial charge on any atom is 0.0541 e. The van der Waals surface area contributed by atoms with E-state index in [-0.39, 0.29) is 0 Å². The van der Waals surface area contributed by atoms with E-state index in [0.717, 1.165) is 27.2 Å². The van der Waals surface area contributed by atoms with Crippen molar-refractivity contribution >= 4 is 54.8 Å². The summed E-state index contributed by atoms with van der Waals surface area (Å²) < 4.78 is 3.41. The molecule has 0 atom stereocenters. The number of para-hydroxylation sites is 4. The average molecular weight is 566 g/mol. The molecule has 7 rings (SSSR count). The molecule has 186 valence electrons. The van der Waals surface area contributed by atoms with E-state index in [1.807, 2.05) is 0 Å². The number of halogens is 1. The van der Waals surface area contributed by atoms with Crippen molar-refractivity contribution in [3.63, 3.8) is 0 Å². The van der Waals surface area contributed by atoms with Gasteiger partial charge in [0.15, 0.2) is 0 Å². The monoisotopic (exact) mass is 564 g/mol. The predicted octanol–water partition coefficient (Wildman–Crippen LogP) is 10.7. The summed E-state index contributed by atoms with van der Waals surface area (Å²) in [4.78, 5) is 2.29. The highest BCUT2D eigenvalue weighted by Crippen LogP contribution is 2.37. The summed E-state index contributed by atoms with van der Waals surface area (Å²) in [5, 5.41) is 2.53. The lowest BCUT2D eigenvalue weighted by Gasteiger charge is -2.25. The van der Waals surface area contributed by atoms with Gasteiger partial charge in [-0.15, -0.1) is 0 Å². The Morgan fingerprint density at radius 3 is 1.49 bits per heavy atom. The number of fused-ring (bicyclic) bond motifs is 3. The lowest BCUT2D eigenvalue weighted by molar-refractivity contribution is 1.18. The van der Waals surface area contributed by atoms with Gasteiger partial charge < -0.3 is 9.47 Å². The molecule has 0 saturated heterocycles. The Morgan fingerprint density at radius 2 is 0.923 bits per heavy atom. The summed E-state index contributed by atoms with van der Waals surface area (Å²) in [6.45, 7) is 0. The lowest BCUT2D eigenvalue weighted by Crippen LogP contribution is -2.09. The predicted molar refractivity (Wildman–Crippen MR) is 169 cm³/mol. The van der Waals surface area contributed by atoms with E-state index in [0.29, 0.717) is 0 Å². The van der Waals surface area contributed by atoms with Crippen LogP contribution in [0.5, 0.6) is 0 Å². The van der Waals surface area contributed by atoms with Crippen molar-refractivity contribution in [3.05, 3.63) is 156 Å². The third kappa shape index (κ3) is 4.31. The van der Waals surface area contributed by atoms with Gasteiger partial charge in [0.05, 0.1) is 11.0 Å². The van der Waals surface area contributed by atoms with E-state index < -0.39 is 0 Å². The van der Waals surface area contributed by atoms with Gasteiger partial charge in [-0.1, -0.05) is 101 Å². The quantitative estimate of drug-likeness (QED) is 0.202. The molecule has 1 heterocycles. The number of anilines is 3. The van der Waals surface area contributed by atoms with Gasteiger partial charge in [0.1, 0.15) is 0 Å². The molecule has 0 amide bonds. The van der Waals surface area contributed by atoms with Gasteiger partial charge in [-0.3, -0.25) is 0 Å². The first-order valence-electron chi connectivity index (χ1n) is 13.1. The summed E-state index contributed by atoms with van der Waals surface area (Å²) in [6.07, 6.45) is 0. The molecule has 0 radical (unpaired) electrons. The molecule has 0 N–H and O–H groups in total. The van der Waals surface area contributed by atoms with Gasteiger partial charge in [-0.05, 0) is 77.9 Å². The molecule has 6 aromatic carbocycles. The fraction of sp³-hybridized carbons (Fsp3) is 0. The highest BCUT2D eigenvalue weighted by molar-refractivity contribution is 9.10. The molecular weight excluding hydrogens is 540 g/mol. The van der Waals surface area contributed by atoms with E-state index >= 15 is 0 Å². The van der Waals surface area contributed by atoms with Crippen LogP contribution in [0.3, 0.4) is 0 Å². The molecule has 0 aliphatic heterocycles. The Hall–Kier alpha value is -4.60. The van der Waals surface area contributed by atoms with Crippen molar-refractivity contribution in [1.29, 1.82) is 0 Å². The van der Waals surface area contributed by atoms with Crippen molar-refractivity contribution in [1.82, 2.24) is 4.57 Å². The second-order valence-corrected chi connectivity index (χ2v) is 10.5. The number of aromatic nitrogens is 1. The molecule has 0 aliphatic carbocycles. The molecule has 39 heavy (non-hydrogen) atoms. The Bertz CT molecular complexity index is 1810. The van der Waals surface area contributed by atoms with Crippen LogP contribution in [0, 0.1) is 0 Å². The van der Waals surface area contributed by atoms with Crippen molar-refractivity contribution in [2.24, 2.45) is 0 Å². The zero-order chi connectivity index (χ0) is 26.2. The fourth-order valence-corrected chi connectivity index (χ4v) is 5.96. The smallest absolute Gasteiger partial charge is 0.0541 e. The first kappa shape index (κ1) is 23.5. The van der Waals surface area contributed by atoms with E-state index in [9.17, 15) is 0 Å². The SMILES string of the molecule is Brc1cc(-c2ccc(N(c3ccccc3)c3ccccc3)cc2)cc(-n2c3ccccc3c3ccccc32)c1. The molecule has 0 aliphatic rings. The highest BCUT2D eigenvalue weighted by Gasteiger charge is 2.14. The van der Waals surface area contributed by atoms with Crippen molar-refractivity contribution in [2.45, 2.75) is 0 Å². The largest absolute Gasteiger partial charge is 0.311 e. The second kappa shape index (κ2) is 9.94.